The van der Waals surface area contributed by atoms with Gasteiger partial charge in [-0.1, -0.05) is 19.1 Å². The van der Waals surface area contributed by atoms with Crippen molar-refractivity contribution in [3.05, 3.63) is 36.2 Å². The second-order valence-electron chi connectivity index (χ2n) is 5.55. The van der Waals surface area contributed by atoms with E-state index in [1.165, 1.54) is 17.1 Å². The topological polar surface area (TPSA) is 128 Å². The molecule has 2 amide bonds. The van der Waals surface area contributed by atoms with Crippen LogP contribution in [-0.4, -0.2) is 50.6 Å². The highest BCUT2D eigenvalue weighted by atomic mass is 16.5. The van der Waals surface area contributed by atoms with E-state index in [4.69, 9.17) is 4.74 Å². The zero-order valence-electron chi connectivity index (χ0n) is 14.5. The van der Waals surface area contributed by atoms with Gasteiger partial charge in [-0.15, -0.1) is 5.10 Å². The van der Waals surface area contributed by atoms with Crippen molar-refractivity contribution in [1.82, 2.24) is 25.5 Å². The number of aromatic nitrogens is 4. The van der Waals surface area contributed by atoms with E-state index in [1.54, 1.807) is 18.2 Å². The molecule has 0 radical (unpaired) electrons. The fraction of sp³-hybridized carbons (Fsp3) is 0.375. The Hall–Kier alpha value is -3.30. The van der Waals surface area contributed by atoms with Gasteiger partial charge in [-0.05, 0) is 35.9 Å². The summed E-state index contributed by atoms with van der Waals surface area (Å²) in [5.41, 5.74) is 0.423. The second-order valence-corrected chi connectivity index (χ2v) is 5.55. The molecule has 0 saturated carbocycles. The third-order valence-electron chi connectivity index (χ3n) is 3.47. The largest absolute Gasteiger partial charge is 0.452 e. The molecule has 1 atom stereocenters. The van der Waals surface area contributed by atoms with Gasteiger partial charge >= 0.3 is 5.97 Å². The van der Waals surface area contributed by atoms with Crippen LogP contribution in [0.25, 0.3) is 0 Å². The van der Waals surface area contributed by atoms with Crippen LogP contribution in [0.4, 0.5) is 5.69 Å². The maximum absolute atomic E-state index is 12.2. The Kier molecular flexibility index (Phi) is 6.77. The molecule has 0 spiro atoms. The molecule has 0 saturated heterocycles. The molecule has 2 N–H and O–H groups in total. The number of hydrogen-bond acceptors (Lipinski definition) is 7. The summed E-state index contributed by atoms with van der Waals surface area (Å²) in [7, 11) is 0. The molecular weight excluding hydrogens is 340 g/mol. The maximum Gasteiger partial charge on any atom is 0.340 e. The second kappa shape index (κ2) is 9.25. The molecule has 2 aromatic rings. The number of hydrogen-bond donors (Lipinski definition) is 2. The molecule has 0 fully saturated rings. The van der Waals surface area contributed by atoms with Crippen LogP contribution < -0.4 is 10.6 Å². The minimum Gasteiger partial charge on any atom is -0.452 e. The summed E-state index contributed by atoms with van der Waals surface area (Å²) >= 11 is 0. The van der Waals surface area contributed by atoms with Gasteiger partial charge in [0.05, 0.1) is 11.3 Å². The van der Waals surface area contributed by atoms with Crippen molar-refractivity contribution in [2.75, 3.05) is 11.9 Å². The molecule has 1 unspecified atom stereocenters. The maximum atomic E-state index is 12.2. The summed E-state index contributed by atoms with van der Waals surface area (Å²) in [5.74, 6) is -1.50. The van der Waals surface area contributed by atoms with Gasteiger partial charge in [-0.25, -0.2) is 9.48 Å². The van der Waals surface area contributed by atoms with Gasteiger partial charge in [0.2, 0.25) is 5.91 Å². The Balaban J connectivity index is 1.95. The normalized spacial score (nSPS) is 11.5. The average molecular weight is 360 g/mol. The number of carbonyl (C=O) groups is 3. The summed E-state index contributed by atoms with van der Waals surface area (Å²) in [6.45, 7) is 3.30. The molecule has 10 nitrogen and oxygen atoms in total. The lowest BCUT2D eigenvalue weighted by Crippen LogP contribution is -2.35. The quantitative estimate of drug-likeness (QED) is 0.651. The van der Waals surface area contributed by atoms with E-state index in [-0.39, 0.29) is 29.7 Å². The average Bonchev–Trinajstić information content (AvgIpc) is 3.12. The number of ether oxygens (including phenoxy) is 1. The number of tetrazole rings is 1. The van der Waals surface area contributed by atoms with Crippen LogP contribution in [0.5, 0.6) is 0 Å². The number of benzene rings is 1. The summed E-state index contributed by atoms with van der Waals surface area (Å²) in [6, 6.07) is 6.36. The number of nitrogens with one attached hydrogen (secondary N) is 2. The minimum atomic E-state index is -0.706. The van der Waals surface area contributed by atoms with Gasteiger partial charge in [-0.3, -0.25) is 9.59 Å². The number of esters is 1. The van der Waals surface area contributed by atoms with E-state index in [0.29, 0.717) is 0 Å². The molecule has 2 rings (SSSR count). The van der Waals surface area contributed by atoms with Crippen LogP contribution in [0.3, 0.4) is 0 Å². The van der Waals surface area contributed by atoms with Crippen molar-refractivity contribution in [3.63, 3.8) is 0 Å². The highest BCUT2D eigenvalue weighted by Gasteiger charge is 2.16. The summed E-state index contributed by atoms with van der Waals surface area (Å²) in [5, 5.41) is 15.8. The highest BCUT2D eigenvalue weighted by Crippen LogP contribution is 2.16. The lowest BCUT2D eigenvalue weighted by atomic mass is 10.2. The molecule has 1 aromatic heterocycles. The molecule has 0 aliphatic carbocycles. The lowest BCUT2D eigenvalue weighted by molar-refractivity contribution is -0.124. The van der Waals surface area contributed by atoms with Crippen molar-refractivity contribution in [2.24, 2.45) is 0 Å². The molecule has 0 aliphatic rings. The molecular formula is C16H20N6O4. The predicted molar refractivity (Wildman–Crippen MR) is 91.1 cm³/mol. The van der Waals surface area contributed by atoms with Gasteiger partial charge in [0.15, 0.2) is 6.61 Å². The lowest BCUT2D eigenvalue weighted by Gasteiger charge is -2.13. The van der Waals surface area contributed by atoms with Gasteiger partial charge in [0.25, 0.3) is 5.91 Å². The van der Waals surface area contributed by atoms with E-state index < -0.39 is 18.5 Å². The third-order valence-corrected chi connectivity index (χ3v) is 3.47. The zero-order valence-corrected chi connectivity index (χ0v) is 14.5. The predicted octanol–water partition coefficient (Wildman–Crippen LogP) is 0.383. The van der Waals surface area contributed by atoms with Gasteiger partial charge in [-0.2, -0.15) is 0 Å². The van der Waals surface area contributed by atoms with Gasteiger partial charge in [0, 0.05) is 6.04 Å². The van der Waals surface area contributed by atoms with Crippen molar-refractivity contribution in [3.8, 4) is 0 Å². The van der Waals surface area contributed by atoms with E-state index in [0.717, 1.165) is 6.42 Å². The van der Waals surface area contributed by atoms with Gasteiger partial charge in [0.1, 0.15) is 12.9 Å². The SMILES string of the molecule is CCC(C)NC(=O)COC(=O)c1ccccc1NC(=O)Cn1cnnn1. The van der Waals surface area contributed by atoms with Gasteiger partial charge < -0.3 is 15.4 Å². The number of carbonyl (C=O) groups excluding carboxylic acids is 3. The summed E-state index contributed by atoms with van der Waals surface area (Å²) in [6.07, 6.45) is 2.07. The van der Waals surface area contributed by atoms with Crippen LogP contribution in [-0.2, 0) is 20.9 Å². The van der Waals surface area contributed by atoms with Crippen LogP contribution >= 0.6 is 0 Å². The molecule has 0 bridgehead atoms. The van der Waals surface area contributed by atoms with Crippen LogP contribution in [0.1, 0.15) is 30.6 Å². The van der Waals surface area contributed by atoms with E-state index in [2.05, 4.69) is 26.2 Å². The Morgan fingerprint density at radius 3 is 2.69 bits per heavy atom. The number of amides is 2. The van der Waals surface area contributed by atoms with E-state index >= 15 is 0 Å². The number of nitrogens with zero attached hydrogens (tertiary/aromatic N) is 4. The fourth-order valence-corrected chi connectivity index (χ4v) is 1.99. The molecule has 1 heterocycles. The standard InChI is InChI=1S/C16H20N6O4/c1-3-11(2)18-15(24)9-26-16(25)12-6-4-5-7-13(12)19-14(23)8-22-10-17-20-21-22/h4-7,10-11H,3,8-9H2,1-2H3,(H,18,24)(H,19,23). The molecule has 138 valence electrons. The molecule has 0 aliphatic heterocycles. The number of para-hydroxylation sites is 1. The first kappa shape index (κ1) is 19.0. The Morgan fingerprint density at radius 1 is 1.23 bits per heavy atom. The first-order valence-electron chi connectivity index (χ1n) is 8.05. The van der Waals surface area contributed by atoms with Crippen LogP contribution in [0, 0.1) is 0 Å². The van der Waals surface area contributed by atoms with Crippen LogP contribution in [0.15, 0.2) is 30.6 Å². The highest BCUT2D eigenvalue weighted by molar-refractivity contribution is 6.01. The minimum absolute atomic E-state index is 0.000878. The molecule has 26 heavy (non-hydrogen) atoms. The Labute approximate surface area is 149 Å². The first-order chi connectivity index (χ1) is 12.5. The number of rotatable bonds is 8. The van der Waals surface area contributed by atoms with E-state index in [9.17, 15) is 14.4 Å². The van der Waals surface area contributed by atoms with Crippen LogP contribution in [0.2, 0.25) is 0 Å². The number of anilines is 1. The third kappa shape index (κ3) is 5.65. The Morgan fingerprint density at radius 2 is 2.00 bits per heavy atom. The van der Waals surface area contributed by atoms with Crippen molar-refractivity contribution in [2.45, 2.75) is 32.9 Å². The van der Waals surface area contributed by atoms with Crippen molar-refractivity contribution in [1.29, 1.82) is 0 Å². The molecule has 1 aromatic carbocycles. The molecule has 10 heteroatoms. The summed E-state index contributed by atoms with van der Waals surface area (Å²) in [4.78, 5) is 36.0. The van der Waals surface area contributed by atoms with Crippen molar-refractivity contribution < 1.29 is 19.1 Å². The van der Waals surface area contributed by atoms with Crippen molar-refractivity contribution >= 4 is 23.5 Å². The zero-order chi connectivity index (χ0) is 18.9. The Bertz CT molecular complexity index is 762. The monoisotopic (exact) mass is 360 g/mol. The van der Waals surface area contributed by atoms with E-state index in [1.807, 2.05) is 13.8 Å². The summed E-state index contributed by atoms with van der Waals surface area (Å²) < 4.78 is 6.27. The smallest absolute Gasteiger partial charge is 0.340 e. The fourth-order valence-electron chi connectivity index (χ4n) is 1.99. The first-order valence-corrected chi connectivity index (χ1v) is 8.05.